The van der Waals surface area contributed by atoms with Crippen molar-refractivity contribution in [3.05, 3.63) is 12.2 Å². The van der Waals surface area contributed by atoms with Gasteiger partial charge in [0.15, 0.2) is 0 Å². The number of fused-ring (bicyclic) bond motifs is 1. The lowest BCUT2D eigenvalue weighted by atomic mass is 9.91. The molecule has 11 heavy (non-hydrogen) atoms. The molecule has 1 N–H and O–H groups in total. The summed E-state index contributed by atoms with van der Waals surface area (Å²) in [4.78, 5) is 0. The summed E-state index contributed by atoms with van der Waals surface area (Å²) in [6.07, 6.45) is 5.91. The van der Waals surface area contributed by atoms with Crippen molar-refractivity contribution in [3.8, 4) is 0 Å². The standard InChI is InChI=1S/C9H14O2/c1-3-5-9(10)6-4-7-8(9,2)11-7/h3,5,7,10H,4,6H2,1-2H3/b5-3-/t7-,8-,9+/m1/s1. The summed E-state index contributed by atoms with van der Waals surface area (Å²) in [7, 11) is 0. The molecule has 1 heterocycles. The Hall–Kier alpha value is -0.340. The van der Waals surface area contributed by atoms with E-state index in [1.54, 1.807) is 0 Å². The van der Waals surface area contributed by atoms with E-state index in [1.165, 1.54) is 0 Å². The zero-order valence-corrected chi connectivity index (χ0v) is 7.00. The van der Waals surface area contributed by atoms with E-state index in [-0.39, 0.29) is 5.60 Å². The van der Waals surface area contributed by atoms with Crippen molar-refractivity contribution in [1.82, 2.24) is 0 Å². The third-order valence-corrected chi connectivity index (χ3v) is 3.03. The molecule has 0 amide bonds. The second kappa shape index (κ2) is 1.87. The van der Waals surface area contributed by atoms with Crippen molar-refractivity contribution < 1.29 is 9.84 Å². The van der Waals surface area contributed by atoms with Crippen molar-refractivity contribution in [1.29, 1.82) is 0 Å². The van der Waals surface area contributed by atoms with Crippen LogP contribution >= 0.6 is 0 Å². The zero-order chi connectivity index (χ0) is 8.11. The summed E-state index contributed by atoms with van der Waals surface area (Å²) in [5, 5.41) is 10.0. The first-order valence-electron chi connectivity index (χ1n) is 4.16. The quantitative estimate of drug-likeness (QED) is 0.455. The molecule has 2 nitrogen and oxygen atoms in total. The maximum Gasteiger partial charge on any atom is 0.124 e. The minimum absolute atomic E-state index is 0.264. The first-order chi connectivity index (χ1) is 5.12. The second-order valence-electron chi connectivity index (χ2n) is 3.68. The van der Waals surface area contributed by atoms with Crippen molar-refractivity contribution in [2.24, 2.45) is 0 Å². The van der Waals surface area contributed by atoms with Gasteiger partial charge in [-0.2, -0.15) is 0 Å². The summed E-state index contributed by atoms with van der Waals surface area (Å²) < 4.78 is 5.41. The number of hydrogen-bond donors (Lipinski definition) is 1. The monoisotopic (exact) mass is 154 g/mol. The molecule has 0 unspecified atom stereocenters. The molecule has 1 aliphatic heterocycles. The van der Waals surface area contributed by atoms with Crippen LogP contribution in [0.5, 0.6) is 0 Å². The Morgan fingerprint density at radius 3 is 2.73 bits per heavy atom. The first-order valence-corrected chi connectivity index (χ1v) is 4.16. The van der Waals surface area contributed by atoms with E-state index in [0.29, 0.717) is 6.10 Å². The van der Waals surface area contributed by atoms with Gasteiger partial charge < -0.3 is 9.84 Å². The molecular weight excluding hydrogens is 140 g/mol. The summed E-state index contributed by atoms with van der Waals surface area (Å²) in [6, 6.07) is 0. The van der Waals surface area contributed by atoms with E-state index in [9.17, 15) is 5.11 Å². The van der Waals surface area contributed by atoms with E-state index < -0.39 is 5.60 Å². The Kier molecular flexibility index (Phi) is 1.25. The van der Waals surface area contributed by atoms with Crippen LogP contribution in [0.15, 0.2) is 12.2 Å². The van der Waals surface area contributed by atoms with Gasteiger partial charge in [0, 0.05) is 0 Å². The maximum absolute atomic E-state index is 10.0. The van der Waals surface area contributed by atoms with Gasteiger partial charge in [0.2, 0.25) is 0 Å². The Morgan fingerprint density at radius 1 is 1.64 bits per heavy atom. The molecular formula is C9H14O2. The maximum atomic E-state index is 10.0. The Labute approximate surface area is 66.9 Å². The average Bonchev–Trinajstić information content (AvgIpc) is 2.54. The number of hydrogen-bond acceptors (Lipinski definition) is 2. The highest BCUT2D eigenvalue weighted by molar-refractivity contribution is 5.25. The van der Waals surface area contributed by atoms with E-state index in [0.717, 1.165) is 12.8 Å². The second-order valence-corrected chi connectivity index (χ2v) is 3.68. The number of aliphatic hydroxyl groups is 1. The fourth-order valence-corrected chi connectivity index (χ4v) is 2.10. The lowest BCUT2D eigenvalue weighted by Crippen LogP contribution is -2.38. The predicted octanol–water partition coefficient (Wildman–Crippen LogP) is 1.24. The third kappa shape index (κ3) is 0.741. The van der Waals surface area contributed by atoms with Crippen molar-refractivity contribution in [2.75, 3.05) is 0 Å². The lowest BCUT2D eigenvalue weighted by Gasteiger charge is -2.24. The zero-order valence-electron chi connectivity index (χ0n) is 7.00. The van der Waals surface area contributed by atoms with Crippen LogP contribution in [0.1, 0.15) is 26.7 Å². The van der Waals surface area contributed by atoms with Crippen LogP contribution in [-0.2, 0) is 4.74 Å². The largest absolute Gasteiger partial charge is 0.383 e. The molecule has 2 aliphatic rings. The SMILES string of the molecule is C/C=C\[C@]1(O)CC[C@H]2O[C@]21C. The van der Waals surface area contributed by atoms with E-state index >= 15 is 0 Å². The van der Waals surface area contributed by atoms with Gasteiger partial charge in [0.25, 0.3) is 0 Å². The van der Waals surface area contributed by atoms with Gasteiger partial charge in [0.05, 0.1) is 6.10 Å². The topological polar surface area (TPSA) is 32.8 Å². The minimum Gasteiger partial charge on any atom is -0.383 e. The highest BCUT2D eigenvalue weighted by Gasteiger charge is 2.68. The molecule has 1 saturated carbocycles. The molecule has 3 atom stereocenters. The molecule has 0 aromatic carbocycles. The highest BCUT2D eigenvalue weighted by Crippen LogP contribution is 2.56. The number of ether oxygens (including phenoxy) is 1. The van der Waals surface area contributed by atoms with Crippen LogP contribution in [0.2, 0.25) is 0 Å². The fraction of sp³-hybridized carbons (Fsp3) is 0.778. The molecule has 0 aromatic heterocycles. The summed E-state index contributed by atoms with van der Waals surface area (Å²) in [5.41, 5.74) is -0.952. The molecule has 2 fully saturated rings. The average molecular weight is 154 g/mol. The molecule has 1 saturated heterocycles. The summed E-state index contributed by atoms with van der Waals surface area (Å²) in [6.45, 7) is 3.92. The van der Waals surface area contributed by atoms with Gasteiger partial charge in [-0.25, -0.2) is 0 Å². The molecule has 0 bridgehead atoms. The van der Waals surface area contributed by atoms with Gasteiger partial charge in [-0.05, 0) is 26.7 Å². The van der Waals surface area contributed by atoms with Crippen LogP contribution in [0.4, 0.5) is 0 Å². The Balaban J connectivity index is 2.25. The van der Waals surface area contributed by atoms with E-state index in [4.69, 9.17) is 4.74 Å². The molecule has 2 heteroatoms. The van der Waals surface area contributed by atoms with Gasteiger partial charge in [-0.3, -0.25) is 0 Å². The molecule has 2 rings (SSSR count). The van der Waals surface area contributed by atoms with Gasteiger partial charge in [0.1, 0.15) is 11.2 Å². The van der Waals surface area contributed by atoms with E-state index in [1.807, 2.05) is 26.0 Å². The van der Waals surface area contributed by atoms with Gasteiger partial charge >= 0.3 is 0 Å². The summed E-state index contributed by atoms with van der Waals surface area (Å²) >= 11 is 0. The van der Waals surface area contributed by atoms with Crippen LogP contribution in [0.3, 0.4) is 0 Å². The third-order valence-electron chi connectivity index (χ3n) is 3.03. The molecule has 1 aliphatic carbocycles. The van der Waals surface area contributed by atoms with Crippen LogP contribution in [0, 0.1) is 0 Å². The van der Waals surface area contributed by atoms with E-state index in [2.05, 4.69) is 0 Å². The molecule has 0 radical (unpaired) electrons. The smallest absolute Gasteiger partial charge is 0.124 e. The lowest BCUT2D eigenvalue weighted by molar-refractivity contribution is 0.00595. The minimum atomic E-state index is -0.688. The van der Waals surface area contributed by atoms with Crippen molar-refractivity contribution in [2.45, 2.75) is 44.0 Å². The Morgan fingerprint density at radius 2 is 2.36 bits per heavy atom. The molecule has 0 spiro atoms. The van der Waals surface area contributed by atoms with Gasteiger partial charge in [-0.1, -0.05) is 12.2 Å². The molecule has 62 valence electrons. The normalized spacial score (nSPS) is 55.0. The highest BCUT2D eigenvalue weighted by atomic mass is 16.6. The van der Waals surface area contributed by atoms with Gasteiger partial charge in [-0.15, -0.1) is 0 Å². The van der Waals surface area contributed by atoms with Crippen LogP contribution in [0.25, 0.3) is 0 Å². The number of epoxide rings is 1. The van der Waals surface area contributed by atoms with Crippen LogP contribution < -0.4 is 0 Å². The first kappa shape index (κ1) is 7.32. The van der Waals surface area contributed by atoms with Crippen molar-refractivity contribution in [3.63, 3.8) is 0 Å². The Bertz CT molecular complexity index is 210. The predicted molar refractivity (Wildman–Crippen MR) is 42.3 cm³/mol. The number of allylic oxidation sites excluding steroid dienone is 1. The van der Waals surface area contributed by atoms with Crippen molar-refractivity contribution >= 4 is 0 Å². The summed E-state index contributed by atoms with van der Waals surface area (Å²) in [5.74, 6) is 0. The fourth-order valence-electron chi connectivity index (χ4n) is 2.10. The molecule has 0 aromatic rings. The number of rotatable bonds is 1. The van der Waals surface area contributed by atoms with Crippen LogP contribution in [-0.4, -0.2) is 22.4 Å².